The van der Waals surface area contributed by atoms with E-state index in [0.717, 1.165) is 12.8 Å². The maximum absolute atomic E-state index is 11.4. The summed E-state index contributed by atoms with van der Waals surface area (Å²) in [5.41, 5.74) is 0. The number of ether oxygens (including phenoxy) is 1. The van der Waals surface area contributed by atoms with Gasteiger partial charge >= 0.3 is 5.97 Å². The second-order valence-electron chi connectivity index (χ2n) is 7.93. The quantitative estimate of drug-likeness (QED) is 0.190. The van der Waals surface area contributed by atoms with E-state index in [-0.39, 0.29) is 19.2 Å². The molecule has 1 atom stereocenters. The molecule has 0 saturated carbocycles. The molecule has 0 rings (SSSR count). The third kappa shape index (κ3) is 27.6. The molecule has 28 heavy (non-hydrogen) atoms. The van der Waals surface area contributed by atoms with Crippen molar-refractivity contribution in [2.24, 2.45) is 0 Å². The molecule has 0 aromatic carbocycles. The van der Waals surface area contributed by atoms with Gasteiger partial charge in [-0.15, -0.1) is 0 Å². The Morgan fingerprint density at radius 2 is 1.07 bits per heavy atom. The summed E-state index contributed by atoms with van der Waals surface area (Å²) in [5.74, 6) is -0.276. The highest BCUT2D eigenvalue weighted by Gasteiger charge is 2.07. The number of unbranched alkanes of at least 4 members (excludes halogenated alkanes) is 14. The van der Waals surface area contributed by atoms with E-state index in [1.165, 1.54) is 89.9 Å². The fourth-order valence-electron chi connectivity index (χ4n) is 2.95. The number of aliphatic hydroxyl groups is 2. The van der Waals surface area contributed by atoms with Crippen molar-refractivity contribution in [3.8, 4) is 0 Å². The lowest BCUT2D eigenvalue weighted by atomic mass is 10.0. The van der Waals surface area contributed by atoms with E-state index in [9.17, 15) is 4.79 Å². The SMILES string of the molecule is CCC.CCCCCCCCCCCCCCCCCC(=O)OCC(O)CO. The number of carbonyl (C=O) groups is 1. The van der Waals surface area contributed by atoms with E-state index in [0.29, 0.717) is 6.42 Å². The Morgan fingerprint density at radius 1 is 0.714 bits per heavy atom. The molecule has 170 valence electrons. The molecule has 4 heteroatoms. The minimum absolute atomic E-state index is 0.103. The van der Waals surface area contributed by atoms with Crippen molar-refractivity contribution in [1.82, 2.24) is 0 Å². The molecule has 0 aliphatic carbocycles. The highest BCUT2D eigenvalue weighted by molar-refractivity contribution is 5.69. The highest BCUT2D eigenvalue weighted by Crippen LogP contribution is 2.13. The molecule has 0 bridgehead atoms. The van der Waals surface area contributed by atoms with Crippen molar-refractivity contribution in [2.45, 2.75) is 136 Å². The minimum atomic E-state index is -0.954. The van der Waals surface area contributed by atoms with Gasteiger partial charge in [-0.25, -0.2) is 0 Å². The lowest BCUT2D eigenvalue weighted by molar-refractivity contribution is -0.147. The van der Waals surface area contributed by atoms with Gasteiger partial charge in [0.15, 0.2) is 0 Å². The summed E-state index contributed by atoms with van der Waals surface area (Å²) in [6.45, 7) is 6.04. The molecule has 0 fully saturated rings. The van der Waals surface area contributed by atoms with Gasteiger partial charge < -0.3 is 14.9 Å². The molecule has 1 unspecified atom stereocenters. The zero-order valence-electron chi connectivity index (χ0n) is 19.2. The van der Waals surface area contributed by atoms with Gasteiger partial charge in [-0.1, -0.05) is 117 Å². The van der Waals surface area contributed by atoms with Crippen LogP contribution in [0.15, 0.2) is 0 Å². The van der Waals surface area contributed by atoms with Gasteiger partial charge in [0, 0.05) is 6.42 Å². The average Bonchev–Trinajstić information content (AvgIpc) is 2.69. The first-order valence-electron chi connectivity index (χ1n) is 12.1. The van der Waals surface area contributed by atoms with E-state index in [1.807, 2.05) is 0 Å². The van der Waals surface area contributed by atoms with Crippen LogP contribution in [-0.2, 0) is 9.53 Å². The lowest BCUT2D eigenvalue weighted by Crippen LogP contribution is -2.21. The van der Waals surface area contributed by atoms with Crippen LogP contribution in [0.25, 0.3) is 0 Å². The van der Waals surface area contributed by atoms with Crippen LogP contribution in [0.2, 0.25) is 0 Å². The van der Waals surface area contributed by atoms with Crippen LogP contribution in [-0.4, -0.2) is 35.5 Å². The molecule has 0 aliphatic rings. The number of aliphatic hydroxyl groups excluding tert-OH is 2. The predicted octanol–water partition coefficient (Wildman–Crippen LogP) is 6.56. The zero-order valence-corrected chi connectivity index (χ0v) is 19.2. The van der Waals surface area contributed by atoms with E-state index in [4.69, 9.17) is 14.9 Å². The third-order valence-corrected chi connectivity index (χ3v) is 4.63. The molecule has 0 spiro atoms. The summed E-state index contributed by atoms with van der Waals surface area (Å²) in [6, 6.07) is 0. The Bertz CT molecular complexity index is 294. The number of carbonyl (C=O) groups excluding carboxylic acids is 1. The number of rotatable bonds is 19. The van der Waals surface area contributed by atoms with Crippen molar-refractivity contribution < 1.29 is 19.7 Å². The monoisotopic (exact) mass is 402 g/mol. The van der Waals surface area contributed by atoms with Crippen LogP contribution in [0, 0.1) is 0 Å². The van der Waals surface area contributed by atoms with Crippen LogP contribution in [0.1, 0.15) is 130 Å². The van der Waals surface area contributed by atoms with E-state index < -0.39 is 6.10 Å². The van der Waals surface area contributed by atoms with Crippen molar-refractivity contribution in [3.05, 3.63) is 0 Å². The van der Waals surface area contributed by atoms with Crippen LogP contribution in [0.5, 0.6) is 0 Å². The fraction of sp³-hybridized carbons (Fsp3) is 0.958. The van der Waals surface area contributed by atoms with Crippen LogP contribution < -0.4 is 0 Å². The van der Waals surface area contributed by atoms with Crippen LogP contribution >= 0.6 is 0 Å². The maximum Gasteiger partial charge on any atom is 0.305 e. The number of hydrogen-bond acceptors (Lipinski definition) is 4. The van der Waals surface area contributed by atoms with Gasteiger partial charge in [-0.2, -0.15) is 0 Å². The Labute approximate surface area is 175 Å². The van der Waals surface area contributed by atoms with E-state index in [2.05, 4.69) is 20.8 Å². The van der Waals surface area contributed by atoms with Gasteiger partial charge in [0.1, 0.15) is 12.7 Å². The third-order valence-electron chi connectivity index (χ3n) is 4.63. The summed E-state index contributed by atoms with van der Waals surface area (Å²) in [6.07, 6.45) is 20.3. The molecule has 0 radical (unpaired) electrons. The first-order valence-corrected chi connectivity index (χ1v) is 12.1. The predicted molar refractivity (Wildman–Crippen MR) is 120 cm³/mol. The van der Waals surface area contributed by atoms with Gasteiger partial charge in [-0.3, -0.25) is 4.79 Å². The second-order valence-corrected chi connectivity index (χ2v) is 7.93. The Kier molecular flexibility index (Phi) is 27.9. The second kappa shape index (κ2) is 26.4. The lowest BCUT2D eigenvalue weighted by Gasteiger charge is -2.08. The average molecular weight is 403 g/mol. The van der Waals surface area contributed by atoms with Gasteiger partial charge in [0.2, 0.25) is 0 Å². The van der Waals surface area contributed by atoms with Crippen LogP contribution in [0.4, 0.5) is 0 Å². The highest BCUT2D eigenvalue weighted by atomic mass is 16.5. The Balaban J connectivity index is 0. The molecule has 0 aromatic rings. The van der Waals surface area contributed by atoms with Crippen molar-refractivity contribution in [1.29, 1.82) is 0 Å². The molecule has 0 saturated heterocycles. The molecule has 0 amide bonds. The molecular formula is C24H50O4. The topological polar surface area (TPSA) is 66.8 Å². The largest absolute Gasteiger partial charge is 0.463 e. The van der Waals surface area contributed by atoms with Gasteiger partial charge in [-0.05, 0) is 6.42 Å². The molecule has 0 aliphatic heterocycles. The first-order chi connectivity index (χ1) is 13.6. The zero-order chi connectivity index (χ0) is 21.3. The van der Waals surface area contributed by atoms with E-state index >= 15 is 0 Å². The maximum atomic E-state index is 11.4. The summed E-state index contributed by atoms with van der Waals surface area (Å²) in [5, 5.41) is 17.7. The summed E-state index contributed by atoms with van der Waals surface area (Å²) in [7, 11) is 0. The summed E-state index contributed by atoms with van der Waals surface area (Å²) in [4.78, 5) is 11.4. The van der Waals surface area contributed by atoms with Crippen molar-refractivity contribution in [3.63, 3.8) is 0 Å². The normalized spacial score (nSPS) is 11.6. The smallest absolute Gasteiger partial charge is 0.305 e. The molecule has 2 N–H and O–H groups in total. The minimum Gasteiger partial charge on any atom is -0.463 e. The summed E-state index contributed by atoms with van der Waals surface area (Å²) >= 11 is 0. The molecular weight excluding hydrogens is 352 g/mol. The van der Waals surface area contributed by atoms with Crippen molar-refractivity contribution >= 4 is 5.97 Å². The first kappa shape index (κ1) is 29.6. The standard InChI is InChI=1S/C21H42O4.C3H8/c1-2-3-4-5-6-7-8-9-10-11-12-13-14-15-16-17-21(24)25-19-20(23)18-22;1-3-2/h20,22-23H,2-19H2,1H3;3H2,1-2H3. The Hall–Kier alpha value is -0.610. The number of esters is 1. The molecule has 0 aromatic heterocycles. The van der Waals surface area contributed by atoms with Gasteiger partial charge in [0.05, 0.1) is 6.61 Å². The van der Waals surface area contributed by atoms with Gasteiger partial charge in [0.25, 0.3) is 0 Å². The fourth-order valence-corrected chi connectivity index (χ4v) is 2.95. The van der Waals surface area contributed by atoms with E-state index in [1.54, 1.807) is 0 Å². The number of hydrogen-bond donors (Lipinski definition) is 2. The molecule has 4 nitrogen and oxygen atoms in total. The summed E-state index contributed by atoms with van der Waals surface area (Å²) < 4.78 is 4.86. The van der Waals surface area contributed by atoms with Crippen molar-refractivity contribution in [2.75, 3.05) is 13.2 Å². The van der Waals surface area contributed by atoms with Crippen LogP contribution in [0.3, 0.4) is 0 Å². The Morgan fingerprint density at radius 3 is 1.43 bits per heavy atom. The molecule has 0 heterocycles.